The Bertz CT molecular complexity index is 370. The van der Waals surface area contributed by atoms with E-state index in [1.54, 1.807) is 17.1 Å². The van der Waals surface area contributed by atoms with Crippen molar-refractivity contribution in [2.24, 2.45) is 0 Å². The van der Waals surface area contributed by atoms with E-state index in [1.165, 1.54) is 0 Å². The van der Waals surface area contributed by atoms with Crippen molar-refractivity contribution in [3.63, 3.8) is 0 Å². The molecule has 2 aromatic rings. The van der Waals surface area contributed by atoms with Gasteiger partial charge in [0.15, 0.2) is 0 Å². The van der Waals surface area contributed by atoms with E-state index < -0.39 is 0 Å². The molecule has 0 atom stereocenters. The highest BCUT2D eigenvalue weighted by Crippen LogP contribution is 2.03. The Morgan fingerprint density at radius 3 is 3.08 bits per heavy atom. The summed E-state index contributed by atoms with van der Waals surface area (Å²) in [6, 6.07) is 0. The van der Waals surface area contributed by atoms with Crippen LogP contribution >= 0.6 is 15.9 Å². The molecule has 5 nitrogen and oxygen atoms in total. The molecule has 2 rings (SSSR count). The largest absolute Gasteiger partial charge is 0.364 e. The van der Waals surface area contributed by atoms with Crippen LogP contribution in [0.25, 0.3) is 0 Å². The van der Waals surface area contributed by atoms with E-state index in [0.717, 1.165) is 16.6 Å². The molecule has 0 aliphatic carbocycles. The molecule has 0 amide bonds. The van der Waals surface area contributed by atoms with Gasteiger partial charge in [0.05, 0.1) is 18.4 Å². The standard InChI is InChI=1S/C7H7BrN4O/c8-1-7-4-12(11-10-7)3-6-2-9-13-5-6/h2,4-5H,1,3H2. The Hall–Kier alpha value is -1.17. The molecular weight excluding hydrogens is 236 g/mol. The first-order chi connectivity index (χ1) is 6.38. The van der Waals surface area contributed by atoms with Crippen molar-refractivity contribution in [1.82, 2.24) is 20.2 Å². The van der Waals surface area contributed by atoms with Crippen molar-refractivity contribution in [2.75, 3.05) is 0 Å². The van der Waals surface area contributed by atoms with Gasteiger partial charge in [0, 0.05) is 17.1 Å². The summed E-state index contributed by atoms with van der Waals surface area (Å²) in [6.07, 6.45) is 5.13. The molecule has 0 aliphatic rings. The van der Waals surface area contributed by atoms with Crippen molar-refractivity contribution < 1.29 is 4.52 Å². The van der Waals surface area contributed by atoms with Crippen LogP contribution in [0.3, 0.4) is 0 Å². The van der Waals surface area contributed by atoms with Gasteiger partial charge < -0.3 is 4.52 Å². The maximum Gasteiger partial charge on any atom is 0.128 e. The van der Waals surface area contributed by atoms with Crippen LogP contribution in [0.1, 0.15) is 11.3 Å². The lowest BCUT2D eigenvalue weighted by atomic mass is 10.4. The van der Waals surface area contributed by atoms with Crippen molar-refractivity contribution in [1.29, 1.82) is 0 Å². The maximum absolute atomic E-state index is 4.70. The van der Waals surface area contributed by atoms with Gasteiger partial charge in [0.25, 0.3) is 0 Å². The minimum Gasteiger partial charge on any atom is -0.364 e. The summed E-state index contributed by atoms with van der Waals surface area (Å²) < 4.78 is 6.44. The van der Waals surface area contributed by atoms with E-state index in [9.17, 15) is 0 Å². The van der Waals surface area contributed by atoms with Crippen LogP contribution in [0.4, 0.5) is 0 Å². The normalized spacial score (nSPS) is 10.5. The molecule has 0 aromatic carbocycles. The average Bonchev–Trinajstić information content (AvgIpc) is 2.76. The summed E-state index contributed by atoms with van der Waals surface area (Å²) in [6.45, 7) is 0.642. The zero-order chi connectivity index (χ0) is 9.10. The summed E-state index contributed by atoms with van der Waals surface area (Å²) in [5.74, 6) is 0. The Labute approximate surface area is 82.8 Å². The van der Waals surface area contributed by atoms with E-state index >= 15 is 0 Å². The van der Waals surface area contributed by atoms with Crippen LogP contribution in [0.15, 0.2) is 23.2 Å². The molecule has 6 heteroatoms. The molecule has 0 N–H and O–H groups in total. The second-order valence-electron chi connectivity index (χ2n) is 2.57. The second-order valence-corrected chi connectivity index (χ2v) is 3.13. The zero-order valence-corrected chi connectivity index (χ0v) is 8.31. The molecule has 0 aliphatic heterocycles. The average molecular weight is 243 g/mol. The fraction of sp³-hybridized carbons (Fsp3) is 0.286. The molecular formula is C7H7BrN4O. The third kappa shape index (κ3) is 1.95. The number of nitrogens with zero attached hydrogens (tertiary/aromatic N) is 4. The molecule has 68 valence electrons. The maximum atomic E-state index is 4.70. The number of alkyl halides is 1. The first kappa shape index (κ1) is 8.43. The SMILES string of the molecule is BrCc1cn(Cc2cnoc2)nn1. The number of hydrogen-bond donors (Lipinski definition) is 0. The van der Waals surface area contributed by atoms with E-state index in [-0.39, 0.29) is 0 Å². The highest BCUT2D eigenvalue weighted by molar-refractivity contribution is 9.08. The van der Waals surface area contributed by atoms with E-state index in [2.05, 4.69) is 31.4 Å². The summed E-state index contributed by atoms with van der Waals surface area (Å²) in [4.78, 5) is 0. The van der Waals surface area contributed by atoms with Crippen molar-refractivity contribution in [2.45, 2.75) is 11.9 Å². The first-order valence-electron chi connectivity index (χ1n) is 3.71. The third-order valence-electron chi connectivity index (χ3n) is 1.55. The van der Waals surface area contributed by atoms with E-state index in [0.29, 0.717) is 6.54 Å². The smallest absolute Gasteiger partial charge is 0.128 e. The molecule has 0 saturated heterocycles. The summed E-state index contributed by atoms with van der Waals surface area (Å²) in [5.41, 5.74) is 1.89. The minimum absolute atomic E-state index is 0.642. The van der Waals surface area contributed by atoms with Gasteiger partial charge >= 0.3 is 0 Å². The van der Waals surface area contributed by atoms with Gasteiger partial charge in [-0.15, -0.1) is 5.10 Å². The van der Waals surface area contributed by atoms with Crippen LogP contribution < -0.4 is 0 Å². The monoisotopic (exact) mass is 242 g/mol. The lowest BCUT2D eigenvalue weighted by molar-refractivity contribution is 0.418. The molecule has 13 heavy (non-hydrogen) atoms. The Morgan fingerprint density at radius 2 is 2.46 bits per heavy atom. The van der Waals surface area contributed by atoms with Crippen LogP contribution in [0.2, 0.25) is 0 Å². The van der Waals surface area contributed by atoms with Crippen molar-refractivity contribution >= 4 is 15.9 Å². The second kappa shape index (κ2) is 3.69. The zero-order valence-electron chi connectivity index (χ0n) is 6.72. The van der Waals surface area contributed by atoms with Crippen LogP contribution in [-0.4, -0.2) is 20.2 Å². The number of hydrogen-bond acceptors (Lipinski definition) is 4. The predicted octanol–water partition coefficient (Wildman–Crippen LogP) is 1.21. The molecule has 0 spiro atoms. The third-order valence-corrected chi connectivity index (χ3v) is 2.13. The molecule has 0 unspecified atom stereocenters. The minimum atomic E-state index is 0.642. The number of rotatable bonds is 3. The van der Waals surface area contributed by atoms with Crippen molar-refractivity contribution in [3.05, 3.63) is 29.9 Å². The van der Waals surface area contributed by atoms with Gasteiger partial charge in [0.1, 0.15) is 6.26 Å². The molecule has 0 fully saturated rings. The van der Waals surface area contributed by atoms with Crippen LogP contribution in [-0.2, 0) is 11.9 Å². The van der Waals surface area contributed by atoms with Gasteiger partial charge in [-0.2, -0.15) is 0 Å². The number of aromatic nitrogens is 4. The van der Waals surface area contributed by atoms with Gasteiger partial charge in [-0.05, 0) is 0 Å². The van der Waals surface area contributed by atoms with Crippen LogP contribution in [0, 0.1) is 0 Å². The fourth-order valence-corrected chi connectivity index (χ4v) is 1.23. The Balaban J connectivity index is 2.10. The molecule has 0 radical (unpaired) electrons. The lowest BCUT2D eigenvalue weighted by Gasteiger charge is -1.92. The highest BCUT2D eigenvalue weighted by Gasteiger charge is 2.01. The quantitative estimate of drug-likeness (QED) is 0.760. The molecule has 2 aromatic heterocycles. The van der Waals surface area contributed by atoms with Gasteiger partial charge in [-0.1, -0.05) is 26.3 Å². The summed E-state index contributed by atoms with van der Waals surface area (Å²) >= 11 is 3.30. The first-order valence-corrected chi connectivity index (χ1v) is 4.84. The van der Waals surface area contributed by atoms with Gasteiger partial charge in [0.2, 0.25) is 0 Å². The molecule has 0 saturated carbocycles. The van der Waals surface area contributed by atoms with Crippen LogP contribution in [0.5, 0.6) is 0 Å². The topological polar surface area (TPSA) is 56.7 Å². The molecule has 0 bridgehead atoms. The van der Waals surface area contributed by atoms with E-state index in [1.807, 2.05) is 6.20 Å². The predicted molar refractivity (Wildman–Crippen MR) is 48.3 cm³/mol. The highest BCUT2D eigenvalue weighted by atomic mass is 79.9. The fourth-order valence-electron chi connectivity index (χ4n) is 0.969. The van der Waals surface area contributed by atoms with E-state index in [4.69, 9.17) is 4.52 Å². The van der Waals surface area contributed by atoms with Crippen molar-refractivity contribution in [3.8, 4) is 0 Å². The molecule has 2 heterocycles. The number of halogens is 1. The van der Waals surface area contributed by atoms with Gasteiger partial charge in [-0.25, -0.2) is 4.68 Å². The van der Waals surface area contributed by atoms with Gasteiger partial charge in [-0.3, -0.25) is 0 Å². The lowest BCUT2D eigenvalue weighted by Crippen LogP contribution is -1.98. The summed E-state index contributed by atoms with van der Waals surface area (Å²) in [5, 5.41) is 12.2. The summed E-state index contributed by atoms with van der Waals surface area (Å²) in [7, 11) is 0. The Kier molecular flexibility index (Phi) is 2.40. The Morgan fingerprint density at radius 1 is 1.54 bits per heavy atom.